The Labute approximate surface area is 156 Å². The molecule has 25 heavy (non-hydrogen) atoms. The van der Waals surface area contributed by atoms with Gasteiger partial charge in [0, 0.05) is 0 Å². The van der Waals surface area contributed by atoms with E-state index >= 15 is 0 Å². The average molecular weight is 341 g/mol. The summed E-state index contributed by atoms with van der Waals surface area (Å²) >= 11 is 0. The predicted octanol–water partition coefficient (Wildman–Crippen LogP) is 8.05. The van der Waals surface area contributed by atoms with Gasteiger partial charge >= 0.3 is 0 Å². The molecule has 2 fully saturated rings. The Hall–Kier alpha value is -0.780. The van der Waals surface area contributed by atoms with Crippen molar-refractivity contribution in [3.63, 3.8) is 0 Å². The largest absolute Gasteiger partial charge is 0.0654 e. The van der Waals surface area contributed by atoms with E-state index in [-0.39, 0.29) is 0 Å². The fourth-order valence-corrected chi connectivity index (χ4v) is 5.11. The summed E-state index contributed by atoms with van der Waals surface area (Å²) in [6.07, 6.45) is 19.3. The van der Waals surface area contributed by atoms with Gasteiger partial charge in [0.2, 0.25) is 0 Å². The molecule has 140 valence electrons. The topological polar surface area (TPSA) is 0 Å². The summed E-state index contributed by atoms with van der Waals surface area (Å²) in [5.41, 5.74) is 2.98. The lowest BCUT2D eigenvalue weighted by atomic mass is 9.77. The van der Waals surface area contributed by atoms with Gasteiger partial charge in [-0.3, -0.25) is 0 Å². The second-order valence-electron chi connectivity index (χ2n) is 9.15. The first-order valence-corrected chi connectivity index (χ1v) is 11.3. The van der Waals surface area contributed by atoms with E-state index in [1.165, 1.54) is 89.0 Å². The number of hydrogen-bond acceptors (Lipinski definition) is 0. The standard InChI is InChI=1S/C25H40/c1-3-4-8-22(25-18-19-25)9-6-5-7-21-12-16-24(17-13-21)23-14-10-20(2)11-15-23/h10-11,14-15,21-22,24-25H,3-9,12-13,16-19H2,1-2H3. The van der Waals surface area contributed by atoms with E-state index in [1.807, 2.05) is 0 Å². The van der Waals surface area contributed by atoms with Crippen LogP contribution in [0.3, 0.4) is 0 Å². The van der Waals surface area contributed by atoms with Crippen LogP contribution < -0.4 is 0 Å². The number of hydrogen-bond donors (Lipinski definition) is 0. The first-order valence-electron chi connectivity index (χ1n) is 11.3. The lowest BCUT2D eigenvalue weighted by Crippen LogP contribution is -2.13. The van der Waals surface area contributed by atoms with Crippen molar-refractivity contribution >= 4 is 0 Å². The zero-order valence-corrected chi connectivity index (χ0v) is 16.8. The van der Waals surface area contributed by atoms with Gasteiger partial charge in [0.1, 0.15) is 0 Å². The van der Waals surface area contributed by atoms with E-state index in [1.54, 1.807) is 5.56 Å². The highest BCUT2D eigenvalue weighted by molar-refractivity contribution is 5.24. The molecule has 1 aromatic rings. The molecule has 0 heterocycles. The zero-order chi connectivity index (χ0) is 17.5. The van der Waals surface area contributed by atoms with Crippen molar-refractivity contribution < 1.29 is 0 Å². The highest BCUT2D eigenvalue weighted by atomic mass is 14.4. The van der Waals surface area contributed by atoms with Gasteiger partial charge < -0.3 is 0 Å². The Morgan fingerprint density at radius 1 is 0.840 bits per heavy atom. The molecule has 0 heteroatoms. The second kappa shape index (κ2) is 9.79. The summed E-state index contributed by atoms with van der Waals surface area (Å²) in [6, 6.07) is 9.32. The molecule has 0 N–H and O–H groups in total. The van der Waals surface area contributed by atoms with Crippen molar-refractivity contribution in [3.05, 3.63) is 35.4 Å². The molecule has 1 atom stereocenters. The highest BCUT2D eigenvalue weighted by Gasteiger charge is 2.30. The summed E-state index contributed by atoms with van der Waals surface area (Å²) in [4.78, 5) is 0. The lowest BCUT2D eigenvalue weighted by molar-refractivity contribution is 0.294. The number of benzene rings is 1. The van der Waals surface area contributed by atoms with Crippen LogP contribution in [0.2, 0.25) is 0 Å². The first kappa shape index (κ1) is 19.0. The molecule has 0 aromatic heterocycles. The number of aryl methyl sites for hydroxylation is 1. The number of rotatable bonds is 10. The van der Waals surface area contributed by atoms with Gasteiger partial charge in [0.05, 0.1) is 0 Å². The molecular formula is C25H40. The zero-order valence-electron chi connectivity index (χ0n) is 16.8. The lowest BCUT2D eigenvalue weighted by Gasteiger charge is -2.29. The quantitative estimate of drug-likeness (QED) is 0.378. The molecule has 0 spiro atoms. The van der Waals surface area contributed by atoms with Crippen LogP contribution in [0.15, 0.2) is 24.3 Å². The molecule has 1 unspecified atom stereocenters. The van der Waals surface area contributed by atoms with Crippen LogP contribution in [0.4, 0.5) is 0 Å². The summed E-state index contributed by atoms with van der Waals surface area (Å²) in [5.74, 6) is 4.07. The minimum Gasteiger partial charge on any atom is -0.0654 e. The van der Waals surface area contributed by atoms with E-state index < -0.39 is 0 Å². The third kappa shape index (κ3) is 6.15. The molecule has 2 aliphatic rings. The monoisotopic (exact) mass is 340 g/mol. The van der Waals surface area contributed by atoms with Crippen LogP contribution in [0.25, 0.3) is 0 Å². The normalized spacial score (nSPS) is 25.0. The summed E-state index contributed by atoms with van der Waals surface area (Å²) in [5, 5.41) is 0. The maximum absolute atomic E-state index is 2.37. The molecule has 0 amide bonds. The molecular weight excluding hydrogens is 300 g/mol. The highest BCUT2D eigenvalue weighted by Crippen LogP contribution is 2.42. The van der Waals surface area contributed by atoms with Gasteiger partial charge in [-0.2, -0.15) is 0 Å². The first-order chi connectivity index (χ1) is 12.3. The van der Waals surface area contributed by atoms with Crippen molar-refractivity contribution in [2.75, 3.05) is 0 Å². The van der Waals surface area contributed by atoms with Crippen LogP contribution in [0.1, 0.15) is 107 Å². The van der Waals surface area contributed by atoms with Gasteiger partial charge in [-0.1, -0.05) is 81.7 Å². The fourth-order valence-electron chi connectivity index (χ4n) is 5.11. The molecule has 0 bridgehead atoms. The molecule has 0 radical (unpaired) electrons. The van der Waals surface area contributed by atoms with E-state index in [2.05, 4.69) is 38.1 Å². The van der Waals surface area contributed by atoms with Crippen LogP contribution >= 0.6 is 0 Å². The summed E-state index contributed by atoms with van der Waals surface area (Å²) in [6.45, 7) is 4.54. The molecule has 3 rings (SSSR count). The fraction of sp³-hybridized carbons (Fsp3) is 0.760. The molecule has 2 aliphatic carbocycles. The molecule has 0 nitrogen and oxygen atoms in total. The minimum absolute atomic E-state index is 0.838. The Kier molecular flexibility index (Phi) is 7.44. The van der Waals surface area contributed by atoms with Gasteiger partial charge in [0.25, 0.3) is 0 Å². The van der Waals surface area contributed by atoms with E-state index in [0.717, 1.165) is 23.7 Å². The van der Waals surface area contributed by atoms with Gasteiger partial charge in [-0.25, -0.2) is 0 Å². The molecule has 0 aliphatic heterocycles. The summed E-state index contributed by atoms with van der Waals surface area (Å²) in [7, 11) is 0. The van der Waals surface area contributed by atoms with E-state index in [4.69, 9.17) is 0 Å². The number of unbranched alkanes of at least 4 members (excludes halogenated alkanes) is 2. The second-order valence-corrected chi connectivity index (χ2v) is 9.15. The van der Waals surface area contributed by atoms with Crippen LogP contribution in [-0.4, -0.2) is 0 Å². The van der Waals surface area contributed by atoms with Gasteiger partial charge in [-0.15, -0.1) is 0 Å². The Morgan fingerprint density at radius 2 is 1.52 bits per heavy atom. The third-order valence-corrected chi connectivity index (χ3v) is 7.05. The van der Waals surface area contributed by atoms with Crippen LogP contribution in [0, 0.1) is 24.7 Å². The Bertz CT molecular complexity index is 473. The van der Waals surface area contributed by atoms with Crippen LogP contribution in [-0.2, 0) is 0 Å². The smallest absolute Gasteiger partial charge is 0.0162 e. The summed E-state index contributed by atoms with van der Waals surface area (Å²) < 4.78 is 0. The van der Waals surface area contributed by atoms with Crippen molar-refractivity contribution in [1.82, 2.24) is 0 Å². The van der Waals surface area contributed by atoms with Crippen molar-refractivity contribution in [1.29, 1.82) is 0 Å². The Balaban J connectivity index is 1.30. The minimum atomic E-state index is 0.838. The van der Waals surface area contributed by atoms with Crippen LogP contribution in [0.5, 0.6) is 0 Å². The molecule has 0 saturated heterocycles. The van der Waals surface area contributed by atoms with E-state index in [0.29, 0.717) is 0 Å². The van der Waals surface area contributed by atoms with Crippen molar-refractivity contribution in [3.8, 4) is 0 Å². The van der Waals surface area contributed by atoms with E-state index in [9.17, 15) is 0 Å². The van der Waals surface area contributed by atoms with Gasteiger partial charge in [-0.05, 0) is 74.7 Å². The maximum Gasteiger partial charge on any atom is -0.0162 e. The predicted molar refractivity (Wildman–Crippen MR) is 110 cm³/mol. The third-order valence-electron chi connectivity index (χ3n) is 7.05. The molecule has 1 aromatic carbocycles. The van der Waals surface area contributed by atoms with Crippen molar-refractivity contribution in [2.24, 2.45) is 17.8 Å². The Morgan fingerprint density at radius 3 is 2.16 bits per heavy atom. The maximum atomic E-state index is 2.37. The van der Waals surface area contributed by atoms with Crippen molar-refractivity contribution in [2.45, 2.75) is 103 Å². The SMILES string of the molecule is CCCCC(CCCCC1CCC(c2ccc(C)cc2)CC1)C1CC1. The van der Waals surface area contributed by atoms with Gasteiger partial charge in [0.15, 0.2) is 0 Å². The molecule has 2 saturated carbocycles. The average Bonchev–Trinajstić information content (AvgIpc) is 3.47.